The summed E-state index contributed by atoms with van der Waals surface area (Å²) in [5.74, 6) is -0.699. The zero-order valence-electron chi connectivity index (χ0n) is 6.32. The highest BCUT2D eigenvalue weighted by Gasteiger charge is 2.39. The van der Waals surface area contributed by atoms with Crippen molar-refractivity contribution in [1.82, 2.24) is 0 Å². The van der Waals surface area contributed by atoms with Gasteiger partial charge in [-0.15, -0.1) is 6.58 Å². The average molecular weight is 154 g/mol. The fourth-order valence-electron chi connectivity index (χ4n) is 1.22. The first-order valence-corrected chi connectivity index (χ1v) is 3.49. The van der Waals surface area contributed by atoms with Crippen molar-refractivity contribution in [3.8, 4) is 0 Å². The number of hydrogen-bond donors (Lipinski definition) is 0. The Balaban J connectivity index is 2.79. The second-order valence-electron chi connectivity index (χ2n) is 2.64. The highest BCUT2D eigenvalue weighted by atomic mass is 16.6. The molecule has 1 aliphatic heterocycles. The number of carbonyl (C=O) groups is 2. The van der Waals surface area contributed by atoms with Crippen LogP contribution in [0.3, 0.4) is 0 Å². The van der Waals surface area contributed by atoms with Gasteiger partial charge in [-0.3, -0.25) is 9.59 Å². The predicted octanol–water partition coefficient (Wildman–Crippen LogP) is 0.549. The van der Waals surface area contributed by atoms with E-state index < -0.39 is 6.10 Å². The minimum absolute atomic E-state index is 0.153. The third-order valence-corrected chi connectivity index (χ3v) is 1.99. The minimum atomic E-state index is -0.616. The number of rotatable bonds is 2. The summed E-state index contributed by atoms with van der Waals surface area (Å²) in [5.41, 5.74) is 0. The van der Waals surface area contributed by atoms with Crippen molar-refractivity contribution in [3.05, 3.63) is 12.7 Å². The lowest BCUT2D eigenvalue weighted by atomic mass is 9.93. The van der Waals surface area contributed by atoms with Gasteiger partial charge in [0, 0.05) is 5.92 Å². The van der Waals surface area contributed by atoms with Gasteiger partial charge in [-0.25, -0.2) is 0 Å². The van der Waals surface area contributed by atoms with Crippen LogP contribution in [0.25, 0.3) is 0 Å². The summed E-state index contributed by atoms with van der Waals surface area (Å²) in [4.78, 5) is 21.2. The summed E-state index contributed by atoms with van der Waals surface area (Å²) in [6.07, 6.45) is 1.62. The molecule has 3 nitrogen and oxygen atoms in total. The molecule has 0 unspecified atom stereocenters. The maximum absolute atomic E-state index is 10.9. The van der Waals surface area contributed by atoms with Gasteiger partial charge in [-0.05, 0) is 0 Å². The van der Waals surface area contributed by atoms with Gasteiger partial charge in [0.2, 0.25) is 0 Å². The second kappa shape index (κ2) is 2.86. The summed E-state index contributed by atoms with van der Waals surface area (Å²) < 4.78 is 4.75. The first kappa shape index (κ1) is 7.98. The molecule has 3 atom stereocenters. The van der Waals surface area contributed by atoms with E-state index in [9.17, 15) is 9.59 Å². The molecule has 0 bridgehead atoms. The fourth-order valence-corrected chi connectivity index (χ4v) is 1.22. The molecule has 0 aliphatic carbocycles. The van der Waals surface area contributed by atoms with Crippen LogP contribution < -0.4 is 0 Å². The number of aldehydes is 1. The van der Waals surface area contributed by atoms with Crippen molar-refractivity contribution in [2.75, 3.05) is 0 Å². The summed E-state index contributed by atoms with van der Waals surface area (Å²) in [6, 6.07) is 0. The monoisotopic (exact) mass is 154 g/mol. The zero-order chi connectivity index (χ0) is 8.43. The first-order chi connectivity index (χ1) is 5.20. The molecular weight excluding hydrogens is 144 g/mol. The molecule has 1 saturated heterocycles. The van der Waals surface area contributed by atoms with E-state index in [4.69, 9.17) is 4.74 Å². The quantitative estimate of drug-likeness (QED) is 0.331. The van der Waals surface area contributed by atoms with Crippen molar-refractivity contribution < 1.29 is 14.3 Å². The Bertz CT molecular complexity index is 198. The molecule has 0 aromatic carbocycles. The summed E-state index contributed by atoms with van der Waals surface area (Å²) in [5, 5.41) is 0. The molecule has 0 spiro atoms. The van der Waals surface area contributed by atoms with Crippen molar-refractivity contribution in [2.45, 2.75) is 13.0 Å². The lowest BCUT2D eigenvalue weighted by Crippen LogP contribution is -2.17. The summed E-state index contributed by atoms with van der Waals surface area (Å²) >= 11 is 0. The molecule has 0 saturated carbocycles. The highest BCUT2D eigenvalue weighted by Crippen LogP contribution is 2.27. The van der Waals surface area contributed by atoms with E-state index in [-0.39, 0.29) is 17.8 Å². The van der Waals surface area contributed by atoms with E-state index >= 15 is 0 Å². The molecule has 0 radical (unpaired) electrons. The number of carbonyl (C=O) groups excluding carboxylic acids is 2. The highest BCUT2D eigenvalue weighted by molar-refractivity contribution is 5.79. The van der Waals surface area contributed by atoms with Crippen molar-refractivity contribution in [2.24, 2.45) is 11.8 Å². The van der Waals surface area contributed by atoms with Crippen LogP contribution >= 0.6 is 0 Å². The Kier molecular flexibility index (Phi) is 2.08. The fraction of sp³-hybridized carbons (Fsp3) is 0.500. The van der Waals surface area contributed by atoms with Crippen LogP contribution in [-0.2, 0) is 14.3 Å². The topological polar surface area (TPSA) is 43.4 Å². The van der Waals surface area contributed by atoms with Crippen LogP contribution in [0.5, 0.6) is 0 Å². The van der Waals surface area contributed by atoms with Crippen LogP contribution in [-0.4, -0.2) is 18.4 Å². The Hall–Kier alpha value is -1.12. The molecule has 0 aromatic rings. The Morgan fingerprint density at radius 3 is 2.64 bits per heavy atom. The number of hydrogen-bond acceptors (Lipinski definition) is 3. The molecule has 1 rings (SSSR count). The van der Waals surface area contributed by atoms with Gasteiger partial charge in [0.1, 0.15) is 0 Å². The Morgan fingerprint density at radius 1 is 1.64 bits per heavy atom. The lowest BCUT2D eigenvalue weighted by molar-refractivity contribution is -0.146. The largest absolute Gasteiger partial charge is 0.454 e. The average Bonchev–Trinajstić information content (AvgIpc) is 2.28. The third kappa shape index (κ3) is 1.18. The molecule has 1 aliphatic rings. The Morgan fingerprint density at radius 2 is 2.27 bits per heavy atom. The van der Waals surface area contributed by atoms with Crippen molar-refractivity contribution in [3.63, 3.8) is 0 Å². The minimum Gasteiger partial charge on any atom is -0.454 e. The van der Waals surface area contributed by atoms with E-state index in [0.717, 1.165) is 0 Å². The van der Waals surface area contributed by atoms with Gasteiger partial charge in [0.05, 0.1) is 5.92 Å². The Labute approximate surface area is 65.0 Å². The molecule has 3 heteroatoms. The predicted molar refractivity (Wildman–Crippen MR) is 38.8 cm³/mol. The van der Waals surface area contributed by atoms with E-state index in [2.05, 4.69) is 6.58 Å². The normalized spacial score (nSPS) is 36.5. The van der Waals surface area contributed by atoms with Gasteiger partial charge in [0.15, 0.2) is 12.4 Å². The zero-order valence-corrected chi connectivity index (χ0v) is 6.32. The van der Waals surface area contributed by atoms with E-state index in [1.165, 1.54) is 0 Å². The number of cyclic esters (lactones) is 1. The molecule has 1 fully saturated rings. The first-order valence-electron chi connectivity index (χ1n) is 3.49. The van der Waals surface area contributed by atoms with Crippen LogP contribution in [0.4, 0.5) is 0 Å². The second-order valence-corrected chi connectivity index (χ2v) is 2.64. The van der Waals surface area contributed by atoms with Gasteiger partial charge < -0.3 is 4.74 Å². The molecule has 0 N–H and O–H groups in total. The van der Waals surface area contributed by atoms with Gasteiger partial charge in [0.25, 0.3) is 0 Å². The number of ether oxygens (including phenoxy) is 1. The van der Waals surface area contributed by atoms with Crippen molar-refractivity contribution in [1.29, 1.82) is 0 Å². The molecular formula is C8H10O3. The SMILES string of the molecule is C=C[C@@H]1[C@H](C)C(=O)O[C@@H]1C=O. The van der Waals surface area contributed by atoms with E-state index in [1.54, 1.807) is 13.0 Å². The van der Waals surface area contributed by atoms with Gasteiger partial charge in [-0.2, -0.15) is 0 Å². The maximum atomic E-state index is 10.9. The molecule has 11 heavy (non-hydrogen) atoms. The molecule has 0 aromatic heterocycles. The maximum Gasteiger partial charge on any atom is 0.310 e. The summed E-state index contributed by atoms with van der Waals surface area (Å²) in [7, 11) is 0. The van der Waals surface area contributed by atoms with Gasteiger partial charge in [-0.1, -0.05) is 13.0 Å². The standard InChI is InChI=1S/C8H10O3/c1-3-6-5(2)8(10)11-7(6)4-9/h3-7H,1H2,2H3/t5-,6+,7+/m0/s1. The van der Waals surface area contributed by atoms with Crippen LogP contribution in [0.2, 0.25) is 0 Å². The van der Waals surface area contributed by atoms with Crippen molar-refractivity contribution >= 4 is 12.3 Å². The summed E-state index contributed by atoms with van der Waals surface area (Å²) in [6.45, 7) is 5.27. The van der Waals surface area contributed by atoms with Gasteiger partial charge >= 0.3 is 5.97 Å². The smallest absolute Gasteiger partial charge is 0.310 e. The third-order valence-electron chi connectivity index (χ3n) is 1.99. The van der Waals surface area contributed by atoms with E-state index in [1.807, 2.05) is 0 Å². The van der Waals surface area contributed by atoms with Crippen LogP contribution in [0.15, 0.2) is 12.7 Å². The van der Waals surface area contributed by atoms with E-state index in [0.29, 0.717) is 6.29 Å². The molecule has 60 valence electrons. The van der Waals surface area contributed by atoms with Crippen LogP contribution in [0.1, 0.15) is 6.92 Å². The molecule has 0 amide bonds. The lowest BCUT2D eigenvalue weighted by Gasteiger charge is -2.07. The number of esters is 1. The van der Waals surface area contributed by atoms with Crippen LogP contribution in [0, 0.1) is 11.8 Å². The molecule has 1 heterocycles.